The van der Waals surface area contributed by atoms with Crippen LogP contribution in [0.15, 0.2) is 12.1 Å². The first-order chi connectivity index (χ1) is 8.08. The van der Waals surface area contributed by atoms with Gasteiger partial charge in [0.2, 0.25) is 0 Å². The molecule has 2 nitrogen and oxygen atoms in total. The van der Waals surface area contributed by atoms with Crippen LogP contribution >= 0.6 is 11.6 Å². The van der Waals surface area contributed by atoms with Gasteiger partial charge in [-0.15, -0.1) is 0 Å². The molecule has 0 aliphatic heterocycles. The number of anilines is 1. The highest BCUT2D eigenvalue weighted by Crippen LogP contribution is 2.30. The van der Waals surface area contributed by atoms with E-state index < -0.39 is 17.7 Å². The molecule has 0 spiro atoms. The first kappa shape index (κ1) is 12.6. The molecule has 17 heavy (non-hydrogen) atoms. The summed E-state index contributed by atoms with van der Waals surface area (Å²) in [5.41, 5.74) is 0.0685. The van der Waals surface area contributed by atoms with Gasteiger partial charge in [0.15, 0.2) is 5.82 Å². The molecule has 0 bridgehead atoms. The van der Waals surface area contributed by atoms with Gasteiger partial charge >= 0.3 is 0 Å². The number of hydrogen-bond donors (Lipinski definition) is 2. The van der Waals surface area contributed by atoms with Gasteiger partial charge in [0.1, 0.15) is 5.82 Å². The molecule has 1 saturated carbocycles. The second kappa shape index (κ2) is 5.19. The topological polar surface area (TPSA) is 32.3 Å². The monoisotopic (exact) mass is 261 g/mol. The van der Waals surface area contributed by atoms with Gasteiger partial charge in [0, 0.05) is 6.07 Å². The Kier molecular flexibility index (Phi) is 3.84. The van der Waals surface area contributed by atoms with Crippen molar-refractivity contribution >= 4 is 17.3 Å². The highest BCUT2D eigenvalue weighted by molar-refractivity contribution is 6.33. The van der Waals surface area contributed by atoms with Crippen LogP contribution in [0.25, 0.3) is 0 Å². The summed E-state index contributed by atoms with van der Waals surface area (Å²) >= 11 is 5.78. The van der Waals surface area contributed by atoms with Gasteiger partial charge in [-0.2, -0.15) is 0 Å². The van der Waals surface area contributed by atoms with Crippen molar-refractivity contribution in [2.45, 2.75) is 37.8 Å². The van der Waals surface area contributed by atoms with E-state index in [1.54, 1.807) is 0 Å². The molecule has 0 heterocycles. The summed E-state index contributed by atoms with van der Waals surface area (Å²) in [5, 5.41) is 12.6. The van der Waals surface area contributed by atoms with Gasteiger partial charge < -0.3 is 10.4 Å². The average Bonchev–Trinajstić information content (AvgIpc) is 2.25. The molecule has 2 rings (SSSR count). The van der Waals surface area contributed by atoms with Crippen LogP contribution in [0.5, 0.6) is 0 Å². The fourth-order valence-electron chi connectivity index (χ4n) is 2.15. The average molecular weight is 262 g/mol. The Bertz CT molecular complexity index is 390. The van der Waals surface area contributed by atoms with E-state index >= 15 is 0 Å². The van der Waals surface area contributed by atoms with Crippen LogP contribution in [-0.4, -0.2) is 17.3 Å². The van der Waals surface area contributed by atoms with Crippen molar-refractivity contribution < 1.29 is 13.9 Å². The smallest absolute Gasteiger partial charge is 0.150 e. The fraction of sp³-hybridized carbons (Fsp3) is 0.500. The second-order valence-electron chi connectivity index (χ2n) is 4.35. The number of nitrogens with one attached hydrogen (secondary N) is 1. The minimum absolute atomic E-state index is 0.000253. The third-order valence-electron chi connectivity index (χ3n) is 3.07. The molecule has 1 aromatic carbocycles. The van der Waals surface area contributed by atoms with E-state index in [4.69, 9.17) is 11.6 Å². The van der Waals surface area contributed by atoms with Crippen LogP contribution in [0.1, 0.15) is 25.7 Å². The van der Waals surface area contributed by atoms with Crippen molar-refractivity contribution in [2.75, 3.05) is 5.32 Å². The van der Waals surface area contributed by atoms with E-state index in [2.05, 4.69) is 5.32 Å². The molecule has 0 aromatic heterocycles. The highest BCUT2D eigenvalue weighted by Gasteiger charge is 2.24. The molecule has 0 saturated heterocycles. The lowest BCUT2D eigenvalue weighted by Gasteiger charge is -2.29. The van der Waals surface area contributed by atoms with Crippen LogP contribution < -0.4 is 5.32 Å². The Morgan fingerprint density at radius 2 is 1.94 bits per heavy atom. The van der Waals surface area contributed by atoms with Gasteiger partial charge in [0.25, 0.3) is 0 Å². The summed E-state index contributed by atoms with van der Waals surface area (Å²) in [4.78, 5) is 0. The summed E-state index contributed by atoms with van der Waals surface area (Å²) in [6, 6.07) is 1.62. The van der Waals surface area contributed by atoms with Crippen molar-refractivity contribution in [3.8, 4) is 0 Å². The van der Waals surface area contributed by atoms with E-state index in [1.807, 2.05) is 0 Å². The lowest BCUT2D eigenvalue weighted by atomic mass is 9.92. The van der Waals surface area contributed by atoms with Gasteiger partial charge in [-0.25, -0.2) is 8.78 Å². The molecule has 0 radical (unpaired) electrons. The number of aliphatic hydroxyl groups excluding tert-OH is 1. The van der Waals surface area contributed by atoms with Crippen molar-refractivity contribution in [2.24, 2.45) is 0 Å². The quantitative estimate of drug-likeness (QED) is 0.856. The zero-order valence-electron chi connectivity index (χ0n) is 9.22. The standard InChI is InChI=1S/C12H14ClF2NO/c13-8-5-7(14)6-9(15)12(8)16-10-3-1-2-4-11(10)17/h5-6,10-11,16-17H,1-4H2/t10-,11-/m1/s1. The van der Waals surface area contributed by atoms with E-state index in [0.717, 1.165) is 31.4 Å². The Hall–Kier alpha value is -0.870. The van der Waals surface area contributed by atoms with Gasteiger partial charge in [-0.05, 0) is 18.9 Å². The normalized spacial score (nSPS) is 24.7. The lowest BCUT2D eigenvalue weighted by Crippen LogP contribution is -2.36. The summed E-state index contributed by atoms with van der Waals surface area (Å²) in [5.74, 6) is -1.44. The van der Waals surface area contributed by atoms with E-state index in [0.29, 0.717) is 6.42 Å². The summed E-state index contributed by atoms with van der Waals surface area (Å²) in [7, 11) is 0. The summed E-state index contributed by atoms with van der Waals surface area (Å²) < 4.78 is 26.4. The molecular formula is C12H14ClF2NO. The molecule has 1 aliphatic rings. The zero-order valence-corrected chi connectivity index (χ0v) is 9.97. The van der Waals surface area contributed by atoms with Crippen LogP contribution in [0.4, 0.5) is 14.5 Å². The van der Waals surface area contributed by atoms with Gasteiger partial charge in [-0.1, -0.05) is 24.4 Å². The number of aliphatic hydroxyl groups is 1. The van der Waals surface area contributed by atoms with Crippen LogP contribution in [0.2, 0.25) is 5.02 Å². The predicted molar refractivity (Wildman–Crippen MR) is 63.3 cm³/mol. The van der Waals surface area contributed by atoms with Crippen molar-refractivity contribution in [3.05, 3.63) is 28.8 Å². The van der Waals surface area contributed by atoms with Crippen LogP contribution in [0, 0.1) is 11.6 Å². The maximum atomic E-state index is 13.5. The molecular weight excluding hydrogens is 248 g/mol. The third kappa shape index (κ3) is 2.87. The van der Waals surface area contributed by atoms with E-state index in [-0.39, 0.29) is 16.8 Å². The Morgan fingerprint density at radius 1 is 1.24 bits per heavy atom. The van der Waals surface area contributed by atoms with Gasteiger partial charge in [0.05, 0.1) is 22.9 Å². The largest absolute Gasteiger partial charge is 0.391 e. The SMILES string of the molecule is O[C@@H]1CCCC[C@H]1Nc1c(F)cc(F)cc1Cl. The summed E-state index contributed by atoms with van der Waals surface area (Å²) in [6.07, 6.45) is 2.89. The van der Waals surface area contributed by atoms with Crippen LogP contribution in [0.3, 0.4) is 0 Å². The predicted octanol–water partition coefficient (Wildman–Crippen LogP) is 3.33. The molecule has 1 fully saturated rings. The second-order valence-corrected chi connectivity index (χ2v) is 4.75. The van der Waals surface area contributed by atoms with Crippen molar-refractivity contribution in [1.82, 2.24) is 0 Å². The first-order valence-corrected chi connectivity index (χ1v) is 6.05. The Balaban J connectivity index is 2.17. The fourth-order valence-corrected chi connectivity index (χ4v) is 2.39. The van der Waals surface area contributed by atoms with E-state index in [1.165, 1.54) is 0 Å². The molecule has 1 aromatic rings. The highest BCUT2D eigenvalue weighted by atomic mass is 35.5. The maximum Gasteiger partial charge on any atom is 0.150 e. The molecule has 94 valence electrons. The minimum Gasteiger partial charge on any atom is -0.391 e. The van der Waals surface area contributed by atoms with Crippen molar-refractivity contribution in [1.29, 1.82) is 0 Å². The maximum absolute atomic E-state index is 13.5. The molecule has 2 N–H and O–H groups in total. The number of benzene rings is 1. The number of halogens is 3. The van der Waals surface area contributed by atoms with E-state index in [9.17, 15) is 13.9 Å². The number of hydrogen-bond acceptors (Lipinski definition) is 2. The molecule has 5 heteroatoms. The molecule has 1 aliphatic carbocycles. The zero-order chi connectivity index (χ0) is 12.4. The minimum atomic E-state index is -0.729. The first-order valence-electron chi connectivity index (χ1n) is 5.67. The van der Waals surface area contributed by atoms with Crippen molar-refractivity contribution in [3.63, 3.8) is 0 Å². The Morgan fingerprint density at radius 3 is 2.59 bits per heavy atom. The molecule has 0 amide bonds. The third-order valence-corrected chi connectivity index (χ3v) is 3.36. The number of rotatable bonds is 2. The summed E-state index contributed by atoms with van der Waals surface area (Å²) in [6.45, 7) is 0. The molecule has 0 unspecified atom stereocenters. The van der Waals surface area contributed by atoms with Crippen LogP contribution in [-0.2, 0) is 0 Å². The Labute approximate surface area is 104 Å². The lowest BCUT2D eigenvalue weighted by molar-refractivity contribution is 0.116. The molecule has 2 atom stereocenters. The van der Waals surface area contributed by atoms with Gasteiger partial charge in [-0.3, -0.25) is 0 Å².